The first-order valence-corrected chi connectivity index (χ1v) is 9.45. The van der Waals surface area contributed by atoms with Crippen molar-refractivity contribution < 1.29 is 4.74 Å². The molecule has 1 aliphatic rings. The summed E-state index contributed by atoms with van der Waals surface area (Å²) in [7, 11) is 0. The lowest BCUT2D eigenvalue weighted by atomic mass is 9.92. The van der Waals surface area contributed by atoms with Crippen molar-refractivity contribution in [2.75, 3.05) is 6.61 Å². The minimum atomic E-state index is 0.770. The van der Waals surface area contributed by atoms with Gasteiger partial charge in [-0.05, 0) is 31.4 Å². The van der Waals surface area contributed by atoms with Gasteiger partial charge in [-0.3, -0.25) is 4.98 Å². The quantitative estimate of drug-likeness (QED) is 0.581. The molecule has 1 aliphatic carbocycles. The van der Waals surface area contributed by atoms with Gasteiger partial charge in [-0.15, -0.1) is 0 Å². The number of hydrogen-bond acceptors (Lipinski definition) is 3. The summed E-state index contributed by atoms with van der Waals surface area (Å²) in [5.41, 5.74) is 4.77. The SMILES string of the molecule is CCCCCCCCCOc1ccc2c(n1)CCc1ncccc1-2. The number of aryl methyl sites for hydroxylation is 2. The topological polar surface area (TPSA) is 35.0 Å². The second-order valence-electron chi connectivity index (χ2n) is 6.61. The molecule has 0 amide bonds. The summed E-state index contributed by atoms with van der Waals surface area (Å²) < 4.78 is 5.86. The van der Waals surface area contributed by atoms with Crippen LogP contribution in [0.25, 0.3) is 11.1 Å². The number of fused-ring (bicyclic) bond motifs is 3. The van der Waals surface area contributed by atoms with Gasteiger partial charge in [0.2, 0.25) is 5.88 Å². The third-order valence-corrected chi connectivity index (χ3v) is 4.73. The fourth-order valence-corrected chi connectivity index (χ4v) is 3.35. The summed E-state index contributed by atoms with van der Waals surface area (Å²) in [6.07, 6.45) is 12.9. The van der Waals surface area contributed by atoms with Gasteiger partial charge in [0.15, 0.2) is 0 Å². The van der Waals surface area contributed by atoms with Crippen LogP contribution in [-0.2, 0) is 12.8 Å². The van der Waals surface area contributed by atoms with Gasteiger partial charge < -0.3 is 4.74 Å². The van der Waals surface area contributed by atoms with E-state index in [0.29, 0.717) is 0 Å². The molecule has 0 aromatic carbocycles. The average Bonchev–Trinajstić information content (AvgIpc) is 2.63. The molecule has 2 aromatic heterocycles. The van der Waals surface area contributed by atoms with Crippen LogP contribution in [0.15, 0.2) is 30.5 Å². The molecule has 2 aromatic rings. The number of ether oxygens (including phenoxy) is 1. The average molecular weight is 324 g/mol. The van der Waals surface area contributed by atoms with Gasteiger partial charge in [-0.1, -0.05) is 51.5 Å². The zero-order valence-electron chi connectivity index (χ0n) is 14.8. The van der Waals surface area contributed by atoms with Crippen molar-refractivity contribution in [1.29, 1.82) is 0 Å². The van der Waals surface area contributed by atoms with Crippen LogP contribution in [0.5, 0.6) is 5.88 Å². The Hall–Kier alpha value is -1.90. The number of pyridine rings is 2. The van der Waals surface area contributed by atoms with Gasteiger partial charge in [-0.2, -0.15) is 0 Å². The second kappa shape index (κ2) is 8.81. The molecule has 0 saturated carbocycles. The van der Waals surface area contributed by atoms with E-state index in [9.17, 15) is 0 Å². The lowest BCUT2D eigenvalue weighted by Crippen LogP contribution is -2.09. The normalized spacial score (nSPS) is 12.5. The molecule has 3 heteroatoms. The number of nitrogens with zero attached hydrogens (tertiary/aromatic N) is 2. The summed E-state index contributed by atoms with van der Waals surface area (Å²) >= 11 is 0. The Morgan fingerprint density at radius 2 is 1.62 bits per heavy atom. The molecule has 24 heavy (non-hydrogen) atoms. The molecule has 0 spiro atoms. The van der Waals surface area contributed by atoms with Crippen molar-refractivity contribution in [3.63, 3.8) is 0 Å². The second-order valence-corrected chi connectivity index (χ2v) is 6.61. The summed E-state index contributed by atoms with van der Waals surface area (Å²) in [6.45, 7) is 3.03. The molecule has 0 N–H and O–H groups in total. The van der Waals surface area contributed by atoms with E-state index in [0.717, 1.165) is 37.4 Å². The summed E-state index contributed by atoms with van der Waals surface area (Å²) in [6, 6.07) is 8.28. The van der Waals surface area contributed by atoms with Gasteiger partial charge >= 0.3 is 0 Å². The number of hydrogen-bond donors (Lipinski definition) is 0. The van der Waals surface area contributed by atoms with Crippen molar-refractivity contribution in [2.24, 2.45) is 0 Å². The molecule has 0 radical (unpaired) electrons. The first-order chi connectivity index (χ1) is 11.9. The molecule has 3 rings (SSSR count). The maximum absolute atomic E-state index is 5.86. The summed E-state index contributed by atoms with van der Waals surface area (Å²) in [5.74, 6) is 0.770. The zero-order chi connectivity index (χ0) is 16.6. The highest BCUT2D eigenvalue weighted by Gasteiger charge is 2.18. The van der Waals surface area contributed by atoms with Crippen LogP contribution in [0, 0.1) is 0 Å². The molecule has 0 fully saturated rings. The Balaban J connectivity index is 1.47. The van der Waals surface area contributed by atoms with Gasteiger partial charge in [-0.25, -0.2) is 4.98 Å². The predicted octanol–water partition coefficient (Wildman–Crippen LogP) is 5.37. The molecular weight excluding hydrogens is 296 g/mol. The maximum atomic E-state index is 5.86. The molecule has 0 bridgehead atoms. The van der Waals surface area contributed by atoms with Crippen LogP contribution in [0.2, 0.25) is 0 Å². The Bertz CT molecular complexity index is 654. The standard InChI is InChI=1S/C21H28N2O/c1-2-3-4-5-6-7-8-16-24-21-14-11-18-17-10-9-15-22-19(17)12-13-20(18)23-21/h9-11,14-15H,2-8,12-13,16H2,1H3. The van der Waals surface area contributed by atoms with Crippen molar-refractivity contribution in [3.8, 4) is 17.0 Å². The highest BCUT2D eigenvalue weighted by molar-refractivity contribution is 5.70. The van der Waals surface area contributed by atoms with Crippen LogP contribution in [0.3, 0.4) is 0 Å². The van der Waals surface area contributed by atoms with E-state index in [-0.39, 0.29) is 0 Å². The molecule has 0 saturated heterocycles. The van der Waals surface area contributed by atoms with Crippen molar-refractivity contribution >= 4 is 0 Å². The molecule has 0 unspecified atom stereocenters. The van der Waals surface area contributed by atoms with E-state index < -0.39 is 0 Å². The first-order valence-electron chi connectivity index (χ1n) is 9.45. The molecule has 0 aliphatic heterocycles. The molecule has 128 valence electrons. The van der Waals surface area contributed by atoms with Gasteiger partial charge in [0.05, 0.1) is 12.3 Å². The smallest absolute Gasteiger partial charge is 0.213 e. The Morgan fingerprint density at radius 1 is 0.875 bits per heavy atom. The van der Waals surface area contributed by atoms with E-state index in [1.54, 1.807) is 0 Å². The third kappa shape index (κ3) is 4.34. The first kappa shape index (κ1) is 16.9. The van der Waals surface area contributed by atoms with Gasteiger partial charge in [0.25, 0.3) is 0 Å². The van der Waals surface area contributed by atoms with Gasteiger partial charge in [0, 0.05) is 29.1 Å². The minimum Gasteiger partial charge on any atom is -0.478 e. The molecule has 0 atom stereocenters. The molecule has 3 nitrogen and oxygen atoms in total. The van der Waals surface area contributed by atoms with Crippen LogP contribution in [0.4, 0.5) is 0 Å². The minimum absolute atomic E-state index is 0.770. The number of unbranched alkanes of at least 4 members (excludes halogenated alkanes) is 6. The van der Waals surface area contributed by atoms with Crippen LogP contribution in [0.1, 0.15) is 63.3 Å². The Kier molecular flexibility index (Phi) is 6.22. The van der Waals surface area contributed by atoms with E-state index >= 15 is 0 Å². The van der Waals surface area contributed by atoms with E-state index in [1.165, 1.54) is 55.3 Å². The lowest BCUT2D eigenvalue weighted by molar-refractivity contribution is 0.292. The van der Waals surface area contributed by atoms with E-state index in [4.69, 9.17) is 9.72 Å². The molecular formula is C21H28N2O. The monoisotopic (exact) mass is 324 g/mol. The van der Waals surface area contributed by atoms with Gasteiger partial charge in [0.1, 0.15) is 0 Å². The Labute approximate surface area is 145 Å². The number of aromatic nitrogens is 2. The predicted molar refractivity (Wildman–Crippen MR) is 98.4 cm³/mol. The highest BCUT2D eigenvalue weighted by Crippen LogP contribution is 2.32. The zero-order valence-corrected chi connectivity index (χ0v) is 14.8. The van der Waals surface area contributed by atoms with Crippen molar-refractivity contribution in [2.45, 2.75) is 64.7 Å². The summed E-state index contributed by atoms with van der Waals surface area (Å²) in [5, 5.41) is 0. The highest BCUT2D eigenvalue weighted by atomic mass is 16.5. The lowest BCUT2D eigenvalue weighted by Gasteiger charge is -2.18. The largest absolute Gasteiger partial charge is 0.478 e. The molecule has 2 heterocycles. The van der Waals surface area contributed by atoms with Crippen LogP contribution in [-0.4, -0.2) is 16.6 Å². The van der Waals surface area contributed by atoms with Crippen molar-refractivity contribution in [3.05, 3.63) is 41.9 Å². The Morgan fingerprint density at radius 3 is 2.50 bits per heavy atom. The van der Waals surface area contributed by atoms with Crippen LogP contribution >= 0.6 is 0 Å². The van der Waals surface area contributed by atoms with Crippen molar-refractivity contribution in [1.82, 2.24) is 9.97 Å². The van der Waals surface area contributed by atoms with Crippen LogP contribution < -0.4 is 4.74 Å². The fourth-order valence-electron chi connectivity index (χ4n) is 3.35. The van der Waals surface area contributed by atoms with E-state index in [2.05, 4.69) is 24.0 Å². The maximum Gasteiger partial charge on any atom is 0.213 e. The summed E-state index contributed by atoms with van der Waals surface area (Å²) in [4.78, 5) is 9.20. The third-order valence-electron chi connectivity index (χ3n) is 4.73. The van der Waals surface area contributed by atoms with E-state index in [1.807, 2.05) is 18.3 Å². The number of rotatable bonds is 9. The fraction of sp³-hybridized carbons (Fsp3) is 0.524.